The normalized spacial score (nSPS) is 10.7. The molecule has 0 unspecified atom stereocenters. The van der Waals surface area contributed by atoms with E-state index in [4.69, 9.17) is 16.7 Å². The SMILES string of the molecule is Cc1cc(-c2cc(Cl)nnc2OC(F)F)c(C(=O)O)cn1. The molecule has 9 heteroatoms. The van der Waals surface area contributed by atoms with Crippen molar-refractivity contribution in [3.8, 4) is 17.0 Å². The Balaban J connectivity index is 2.68. The van der Waals surface area contributed by atoms with E-state index in [-0.39, 0.29) is 21.8 Å². The maximum atomic E-state index is 12.4. The average Bonchev–Trinajstić information content (AvgIpc) is 2.39. The number of aromatic carboxylic acids is 1. The first-order chi connectivity index (χ1) is 9.88. The second-order valence-corrected chi connectivity index (χ2v) is 4.33. The van der Waals surface area contributed by atoms with E-state index in [1.54, 1.807) is 6.92 Å². The average molecular weight is 316 g/mol. The van der Waals surface area contributed by atoms with Gasteiger partial charge in [-0.25, -0.2) is 4.79 Å². The molecule has 0 bridgehead atoms. The maximum Gasteiger partial charge on any atom is 0.388 e. The first-order valence-electron chi connectivity index (χ1n) is 5.57. The van der Waals surface area contributed by atoms with Crippen molar-refractivity contribution in [2.24, 2.45) is 0 Å². The van der Waals surface area contributed by atoms with Gasteiger partial charge in [-0.3, -0.25) is 4.98 Å². The molecule has 2 aromatic heterocycles. The van der Waals surface area contributed by atoms with Gasteiger partial charge < -0.3 is 9.84 Å². The number of alkyl halides is 2. The van der Waals surface area contributed by atoms with Gasteiger partial charge in [-0.15, -0.1) is 10.2 Å². The third-order valence-electron chi connectivity index (χ3n) is 2.49. The van der Waals surface area contributed by atoms with Gasteiger partial charge in [-0.05, 0) is 19.1 Å². The molecule has 1 N–H and O–H groups in total. The standard InChI is InChI=1S/C12H8ClF2N3O3/c1-5-2-6(8(4-16-5)11(19)20)7-3-9(13)17-18-10(7)21-12(14)15/h2-4,12H,1H3,(H,19,20). The summed E-state index contributed by atoms with van der Waals surface area (Å²) in [6.45, 7) is -1.51. The summed E-state index contributed by atoms with van der Waals surface area (Å²) >= 11 is 5.70. The van der Waals surface area contributed by atoms with Crippen molar-refractivity contribution in [1.82, 2.24) is 15.2 Å². The van der Waals surface area contributed by atoms with Crippen molar-refractivity contribution in [3.63, 3.8) is 0 Å². The number of pyridine rings is 1. The van der Waals surface area contributed by atoms with Gasteiger partial charge in [0.1, 0.15) is 0 Å². The van der Waals surface area contributed by atoms with Crippen molar-refractivity contribution < 1.29 is 23.4 Å². The molecule has 6 nitrogen and oxygen atoms in total. The number of carboxylic acid groups (broad SMARTS) is 1. The highest BCUT2D eigenvalue weighted by Crippen LogP contribution is 2.33. The molecular weight excluding hydrogens is 308 g/mol. The summed E-state index contributed by atoms with van der Waals surface area (Å²) in [7, 11) is 0. The molecule has 0 radical (unpaired) electrons. The van der Waals surface area contributed by atoms with Crippen molar-refractivity contribution in [1.29, 1.82) is 0 Å². The van der Waals surface area contributed by atoms with Gasteiger partial charge in [-0.2, -0.15) is 8.78 Å². The molecule has 0 atom stereocenters. The van der Waals surface area contributed by atoms with Gasteiger partial charge in [0.05, 0.1) is 5.56 Å². The van der Waals surface area contributed by atoms with E-state index in [0.29, 0.717) is 5.69 Å². The summed E-state index contributed by atoms with van der Waals surface area (Å²) in [5.41, 5.74) is 0.412. The van der Waals surface area contributed by atoms with Gasteiger partial charge in [-0.1, -0.05) is 11.6 Å². The summed E-state index contributed by atoms with van der Waals surface area (Å²) in [6, 6.07) is 2.61. The van der Waals surface area contributed by atoms with Crippen LogP contribution in [0.15, 0.2) is 18.3 Å². The molecule has 0 aliphatic carbocycles. The first-order valence-corrected chi connectivity index (χ1v) is 5.94. The summed E-state index contributed by atoms with van der Waals surface area (Å²) in [5.74, 6) is -1.78. The number of aryl methyl sites for hydroxylation is 1. The molecule has 0 spiro atoms. The maximum absolute atomic E-state index is 12.4. The van der Waals surface area contributed by atoms with Crippen molar-refractivity contribution in [3.05, 3.63) is 34.7 Å². The molecule has 110 valence electrons. The zero-order valence-corrected chi connectivity index (χ0v) is 11.3. The monoisotopic (exact) mass is 315 g/mol. The number of ether oxygens (including phenoxy) is 1. The van der Waals surface area contributed by atoms with Crippen LogP contribution in [-0.2, 0) is 0 Å². The fourth-order valence-corrected chi connectivity index (χ4v) is 1.82. The highest BCUT2D eigenvalue weighted by Gasteiger charge is 2.20. The Bertz CT molecular complexity index is 697. The van der Waals surface area contributed by atoms with E-state index in [1.165, 1.54) is 12.1 Å². The number of aromatic nitrogens is 3. The second-order valence-electron chi connectivity index (χ2n) is 3.94. The van der Waals surface area contributed by atoms with E-state index in [1.807, 2.05) is 0 Å². The predicted octanol–water partition coefficient (Wildman–Crippen LogP) is 2.80. The van der Waals surface area contributed by atoms with Crippen molar-refractivity contribution in [2.75, 3.05) is 0 Å². The van der Waals surface area contributed by atoms with Crippen LogP contribution in [0.2, 0.25) is 5.15 Å². The highest BCUT2D eigenvalue weighted by molar-refractivity contribution is 6.29. The predicted molar refractivity (Wildman–Crippen MR) is 68.6 cm³/mol. The van der Waals surface area contributed by atoms with E-state index < -0.39 is 18.5 Å². The van der Waals surface area contributed by atoms with Gasteiger partial charge in [0, 0.05) is 23.0 Å². The summed E-state index contributed by atoms with van der Waals surface area (Å²) in [5, 5.41) is 15.9. The molecule has 21 heavy (non-hydrogen) atoms. The van der Waals surface area contributed by atoms with Crippen LogP contribution in [0, 0.1) is 6.92 Å². The Kier molecular flexibility index (Phi) is 4.27. The van der Waals surface area contributed by atoms with Crippen LogP contribution in [0.3, 0.4) is 0 Å². The van der Waals surface area contributed by atoms with E-state index in [2.05, 4.69) is 19.9 Å². The number of nitrogens with zero attached hydrogens (tertiary/aromatic N) is 3. The molecular formula is C12H8ClF2N3O3. The van der Waals surface area contributed by atoms with Crippen LogP contribution >= 0.6 is 11.6 Å². The van der Waals surface area contributed by atoms with Crippen LogP contribution in [0.4, 0.5) is 8.78 Å². The highest BCUT2D eigenvalue weighted by atomic mass is 35.5. The Hall–Kier alpha value is -2.35. The Morgan fingerprint density at radius 1 is 1.33 bits per heavy atom. The largest absolute Gasteiger partial charge is 0.478 e. The lowest BCUT2D eigenvalue weighted by Gasteiger charge is -2.11. The van der Waals surface area contributed by atoms with E-state index >= 15 is 0 Å². The molecule has 0 aliphatic heterocycles. The molecule has 0 saturated carbocycles. The van der Waals surface area contributed by atoms with Crippen molar-refractivity contribution in [2.45, 2.75) is 13.5 Å². The summed E-state index contributed by atoms with van der Waals surface area (Å²) < 4.78 is 29.1. The zero-order chi connectivity index (χ0) is 15.6. The molecule has 0 fully saturated rings. The molecule has 0 aromatic carbocycles. The summed E-state index contributed by atoms with van der Waals surface area (Å²) in [6.07, 6.45) is 1.12. The molecule has 2 rings (SSSR count). The number of carbonyl (C=O) groups is 1. The molecule has 0 amide bonds. The van der Waals surface area contributed by atoms with Gasteiger partial charge in [0.15, 0.2) is 5.15 Å². The minimum atomic E-state index is -3.13. The van der Waals surface area contributed by atoms with Crippen LogP contribution in [0.1, 0.15) is 16.1 Å². The van der Waals surface area contributed by atoms with Gasteiger partial charge in [0.25, 0.3) is 0 Å². The fraction of sp³-hybridized carbons (Fsp3) is 0.167. The van der Waals surface area contributed by atoms with E-state index in [0.717, 1.165) is 6.20 Å². The molecule has 2 heterocycles. The third kappa shape index (κ3) is 3.40. The lowest BCUT2D eigenvalue weighted by molar-refractivity contribution is -0.0529. The summed E-state index contributed by atoms with van der Waals surface area (Å²) in [4.78, 5) is 15.1. The molecule has 2 aromatic rings. The lowest BCUT2D eigenvalue weighted by Crippen LogP contribution is -2.08. The second kappa shape index (κ2) is 5.96. The Labute approximate surface area is 122 Å². The first kappa shape index (κ1) is 15.0. The van der Waals surface area contributed by atoms with Crippen LogP contribution < -0.4 is 4.74 Å². The topological polar surface area (TPSA) is 85.2 Å². The van der Waals surface area contributed by atoms with Crippen LogP contribution in [-0.4, -0.2) is 32.9 Å². The number of rotatable bonds is 4. The Morgan fingerprint density at radius 3 is 2.67 bits per heavy atom. The quantitative estimate of drug-likeness (QED) is 0.933. The number of hydrogen-bond acceptors (Lipinski definition) is 5. The smallest absolute Gasteiger partial charge is 0.388 e. The minimum Gasteiger partial charge on any atom is -0.478 e. The Morgan fingerprint density at radius 2 is 2.05 bits per heavy atom. The number of hydrogen-bond donors (Lipinski definition) is 1. The van der Waals surface area contributed by atoms with Crippen molar-refractivity contribution >= 4 is 17.6 Å². The van der Waals surface area contributed by atoms with Gasteiger partial charge in [0.2, 0.25) is 5.88 Å². The molecule has 0 saturated heterocycles. The third-order valence-corrected chi connectivity index (χ3v) is 2.68. The van der Waals surface area contributed by atoms with Crippen LogP contribution in [0.5, 0.6) is 5.88 Å². The zero-order valence-electron chi connectivity index (χ0n) is 10.5. The molecule has 0 aliphatic rings. The number of carboxylic acids is 1. The van der Waals surface area contributed by atoms with E-state index in [9.17, 15) is 13.6 Å². The van der Waals surface area contributed by atoms with Gasteiger partial charge >= 0.3 is 12.6 Å². The van der Waals surface area contributed by atoms with Crippen LogP contribution in [0.25, 0.3) is 11.1 Å². The lowest BCUT2D eigenvalue weighted by atomic mass is 10.0. The fourth-order valence-electron chi connectivity index (χ4n) is 1.67. The number of halogens is 3. The minimum absolute atomic E-state index is 0.00167.